The lowest BCUT2D eigenvalue weighted by Gasteiger charge is -2.32. The first-order valence-corrected chi connectivity index (χ1v) is 22.7. The summed E-state index contributed by atoms with van der Waals surface area (Å²) in [5.74, 6) is 1.26. The van der Waals surface area contributed by atoms with Crippen molar-refractivity contribution in [2.45, 2.75) is 0 Å². The van der Waals surface area contributed by atoms with Crippen LogP contribution in [0, 0.1) is 0 Å². The zero-order valence-electron chi connectivity index (χ0n) is 36.0. The van der Waals surface area contributed by atoms with Gasteiger partial charge >= 0.3 is 20.8 Å². The summed E-state index contributed by atoms with van der Waals surface area (Å²) in [6.07, 6.45) is 0. The van der Waals surface area contributed by atoms with E-state index in [2.05, 4.69) is 0 Å². The molecular weight excluding hydrogens is 869 g/mol. The topological polar surface area (TPSA) is 174 Å². The van der Waals surface area contributed by atoms with Crippen molar-refractivity contribution in [2.75, 3.05) is 28.4 Å². The molecule has 8 aromatic rings. The van der Waals surface area contributed by atoms with Crippen LogP contribution in [0.4, 0.5) is 11.6 Å². The quantitative estimate of drug-likeness (QED) is 0.145. The maximum atomic E-state index is 15.5. The van der Waals surface area contributed by atoms with Crippen molar-refractivity contribution in [3.05, 3.63) is 178 Å². The summed E-state index contributed by atoms with van der Waals surface area (Å²) in [7, 11) is 0.601. The van der Waals surface area contributed by atoms with Crippen molar-refractivity contribution in [1.82, 2.24) is 8.47 Å². The Hall–Kier alpha value is -8.96. The Morgan fingerprint density at radius 3 is 1.15 bits per heavy atom. The van der Waals surface area contributed by atoms with E-state index in [0.717, 1.165) is 0 Å². The van der Waals surface area contributed by atoms with E-state index in [0.29, 0.717) is 78.6 Å². The Bertz CT molecular complexity index is 3540. The number of hydrogen-bond acceptors (Lipinski definition) is 14. The molecule has 0 unspecified atom stereocenters. The molecule has 326 valence electrons. The van der Waals surface area contributed by atoms with E-state index in [1.165, 1.54) is 40.6 Å². The van der Waals surface area contributed by atoms with Crippen LogP contribution in [-0.4, -0.2) is 81.1 Å². The maximum absolute atomic E-state index is 15.5. The molecule has 0 atom stereocenters. The SMILES string of the molecule is COc1ccc(C(=O)O[Si]2(OC(=O)c3ccc(OC)c(OC)c3)n3c4c5ccccc5c3N=C3N=C(N=c5c6ccccc6c(n52)=NC2=NC(=N4)c4ccccc42)c2ccccc23)cc1OC. The average molecular weight is 903 g/mol. The fourth-order valence-electron chi connectivity index (χ4n) is 8.92. The fourth-order valence-corrected chi connectivity index (χ4v) is 12.0. The van der Waals surface area contributed by atoms with Gasteiger partial charge < -0.3 is 27.8 Å². The minimum atomic E-state index is -5.32. The summed E-state index contributed by atoms with van der Waals surface area (Å²) in [5, 5.41) is 2.34. The average Bonchev–Trinajstić information content (AvgIpc) is 4.09. The van der Waals surface area contributed by atoms with Gasteiger partial charge in [0.2, 0.25) is 0 Å². The molecule has 0 radical (unpaired) electrons. The lowest BCUT2D eigenvalue weighted by Crippen LogP contribution is -2.65. The van der Waals surface area contributed by atoms with E-state index in [1.807, 2.05) is 97.1 Å². The van der Waals surface area contributed by atoms with Gasteiger partial charge in [-0.3, -0.25) is 8.47 Å². The van der Waals surface area contributed by atoms with Crippen molar-refractivity contribution in [1.29, 1.82) is 0 Å². The van der Waals surface area contributed by atoms with Crippen LogP contribution in [0.1, 0.15) is 43.0 Å². The molecule has 0 spiro atoms. The number of ether oxygens (including phenoxy) is 4. The van der Waals surface area contributed by atoms with Crippen LogP contribution in [-0.2, 0) is 8.85 Å². The minimum Gasteiger partial charge on any atom is -0.493 e. The second kappa shape index (κ2) is 15.1. The zero-order chi connectivity index (χ0) is 45.6. The molecule has 6 aromatic carbocycles. The van der Waals surface area contributed by atoms with Gasteiger partial charge in [-0.05, 0) is 36.4 Å². The van der Waals surface area contributed by atoms with Gasteiger partial charge in [-0.25, -0.2) is 39.5 Å². The first-order valence-electron chi connectivity index (χ1n) is 21.0. The Morgan fingerprint density at radius 1 is 0.403 bits per heavy atom. The van der Waals surface area contributed by atoms with Crippen LogP contribution < -0.4 is 29.9 Å². The molecular formula is C50H34N8O8Si. The van der Waals surface area contributed by atoms with Gasteiger partial charge in [-0.1, -0.05) is 97.1 Å². The number of carbonyl (C=O) groups is 2. The van der Waals surface area contributed by atoms with Crippen LogP contribution >= 0.6 is 0 Å². The summed E-state index contributed by atoms with van der Waals surface area (Å²) in [6.45, 7) is 0. The molecule has 6 bridgehead atoms. The Morgan fingerprint density at radius 2 is 0.761 bits per heavy atom. The molecule has 0 saturated heterocycles. The normalized spacial score (nSPS) is 14.5. The van der Waals surface area contributed by atoms with Gasteiger partial charge in [0.25, 0.3) is 0 Å². The maximum Gasteiger partial charge on any atom is 0.742 e. The second-order valence-electron chi connectivity index (χ2n) is 15.6. The van der Waals surface area contributed by atoms with Gasteiger partial charge in [0.05, 0.1) is 39.6 Å². The molecule has 0 amide bonds. The highest BCUT2D eigenvalue weighted by Crippen LogP contribution is 2.44. The van der Waals surface area contributed by atoms with Crippen molar-refractivity contribution in [2.24, 2.45) is 30.0 Å². The molecule has 4 aliphatic heterocycles. The first kappa shape index (κ1) is 39.6. The molecule has 0 aliphatic carbocycles. The van der Waals surface area contributed by atoms with Gasteiger partial charge in [0, 0.05) is 43.8 Å². The lowest BCUT2D eigenvalue weighted by atomic mass is 10.1. The predicted octanol–water partition coefficient (Wildman–Crippen LogP) is 7.12. The van der Waals surface area contributed by atoms with E-state index in [4.69, 9.17) is 57.8 Å². The first-order chi connectivity index (χ1) is 32.8. The van der Waals surface area contributed by atoms with Crippen LogP contribution in [0.15, 0.2) is 163 Å². The summed E-state index contributed by atoms with van der Waals surface area (Å²) >= 11 is 0. The highest BCUT2D eigenvalue weighted by Gasteiger charge is 2.60. The number of rotatable bonds is 8. The van der Waals surface area contributed by atoms with Crippen LogP contribution in [0.5, 0.6) is 23.0 Å². The number of methoxy groups -OCH3 is 4. The number of amidine groups is 4. The molecule has 67 heavy (non-hydrogen) atoms. The van der Waals surface area contributed by atoms with E-state index in [9.17, 15) is 0 Å². The highest BCUT2D eigenvalue weighted by atomic mass is 28.4. The fraction of sp³-hybridized carbons (Fsp3) is 0.0800. The van der Waals surface area contributed by atoms with E-state index >= 15 is 9.59 Å². The predicted molar refractivity (Wildman–Crippen MR) is 251 cm³/mol. The minimum absolute atomic E-state index is 0.0516. The smallest absolute Gasteiger partial charge is 0.493 e. The summed E-state index contributed by atoms with van der Waals surface area (Å²) in [4.78, 5) is 62.6. The van der Waals surface area contributed by atoms with Gasteiger partial charge in [-0.2, -0.15) is 0 Å². The second-order valence-corrected chi connectivity index (χ2v) is 18.0. The number of hydrogen-bond donors (Lipinski definition) is 0. The molecule has 0 saturated carbocycles. The highest BCUT2D eigenvalue weighted by molar-refractivity contribution is 6.69. The molecule has 17 heteroatoms. The van der Waals surface area contributed by atoms with E-state index in [1.54, 1.807) is 32.7 Å². The summed E-state index contributed by atoms with van der Waals surface area (Å²) in [6, 6.07) is 39.6. The van der Waals surface area contributed by atoms with Gasteiger partial charge in [0.15, 0.2) is 46.3 Å². The van der Waals surface area contributed by atoms with Crippen molar-refractivity contribution in [3.8, 4) is 23.0 Å². The lowest BCUT2D eigenvalue weighted by molar-refractivity contribution is 0.0532. The summed E-state index contributed by atoms with van der Waals surface area (Å²) in [5.41, 5.74) is 3.39. The summed E-state index contributed by atoms with van der Waals surface area (Å²) < 4.78 is 40.0. The number of benzene rings is 6. The number of aliphatic imine (C=N–C) groups is 4. The molecule has 16 nitrogen and oxygen atoms in total. The third-order valence-corrected chi connectivity index (χ3v) is 14.9. The number of carbonyl (C=O) groups excluding carboxylic acids is 2. The molecule has 0 fully saturated rings. The third kappa shape index (κ3) is 5.91. The largest absolute Gasteiger partial charge is 0.742 e. The molecule has 2 aromatic heterocycles. The molecule has 6 heterocycles. The van der Waals surface area contributed by atoms with E-state index < -0.39 is 20.8 Å². The monoisotopic (exact) mass is 902 g/mol. The van der Waals surface area contributed by atoms with Gasteiger partial charge in [0.1, 0.15) is 22.6 Å². The Kier molecular flexibility index (Phi) is 8.91. The number of aromatic nitrogens is 2. The zero-order valence-corrected chi connectivity index (χ0v) is 37.0. The van der Waals surface area contributed by atoms with Crippen LogP contribution in [0.25, 0.3) is 21.5 Å². The standard InChI is InChI=1S/C50H34N8O8Si/c1-61-37-23-21-27(25-39(37)63-3)49(59)65-67(66-50(60)28-22-24-38(62-2)40(26-28)64-4)57-45-33-17-9-10-18-34(33)47(57)55-43-31-15-7-8-16-32(31)44(52-43)56-48-36-20-12-11-19-35(36)46(58(48)67)54-42-30-14-6-5-13-29(30)41(51-42)53-45/h5-26H,1-4H3. The Balaban J connectivity index is 1.31. The van der Waals surface area contributed by atoms with Crippen LogP contribution in [0.3, 0.4) is 0 Å². The van der Waals surface area contributed by atoms with Crippen molar-refractivity contribution < 1.29 is 37.4 Å². The molecule has 0 N–H and O–H groups in total. The Labute approximate surface area is 381 Å². The van der Waals surface area contributed by atoms with Gasteiger partial charge in [-0.15, -0.1) is 0 Å². The van der Waals surface area contributed by atoms with E-state index in [-0.39, 0.29) is 45.2 Å². The third-order valence-electron chi connectivity index (χ3n) is 12.0. The number of nitrogens with zero attached hydrogens (tertiary/aromatic N) is 8. The van der Waals surface area contributed by atoms with Crippen molar-refractivity contribution >= 4 is 77.3 Å². The van der Waals surface area contributed by atoms with Crippen LogP contribution in [0.2, 0.25) is 0 Å². The number of fused-ring (bicyclic) bond motifs is 14. The van der Waals surface area contributed by atoms with Crippen molar-refractivity contribution in [3.63, 3.8) is 0 Å². The molecule has 4 aliphatic rings. The molecule has 12 rings (SSSR count).